The number of hydrogen-bond donors (Lipinski definition) is 1. The van der Waals surface area contributed by atoms with Gasteiger partial charge in [-0.15, -0.1) is 17.4 Å². The second-order valence-electron chi connectivity index (χ2n) is 9.80. The topological polar surface area (TPSA) is 95.1 Å². The number of alkyl halides is 3. The Kier molecular flexibility index (Phi) is 11.1. The van der Waals surface area contributed by atoms with Crippen LogP contribution in [0.2, 0.25) is 0 Å². The van der Waals surface area contributed by atoms with Crippen molar-refractivity contribution in [3.05, 3.63) is 95.0 Å². The number of aryl methyl sites for hydroxylation is 2. The Morgan fingerprint density at radius 1 is 1.05 bits per heavy atom. The summed E-state index contributed by atoms with van der Waals surface area (Å²) in [5.74, 6) is 3.43. The smallest absolute Gasteiger partial charge is 0.416 e. The molecule has 4 aromatic rings. The van der Waals surface area contributed by atoms with Gasteiger partial charge in [0.2, 0.25) is 11.8 Å². The quantitative estimate of drug-likeness (QED) is 0.132. The zero-order chi connectivity index (χ0) is 30.5. The van der Waals surface area contributed by atoms with Crippen molar-refractivity contribution in [1.82, 2.24) is 25.3 Å². The van der Waals surface area contributed by atoms with E-state index in [1.165, 1.54) is 24.0 Å². The lowest BCUT2D eigenvalue weighted by molar-refractivity contribution is -0.137. The Morgan fingerprint density at radius 2 is 1.84 bits per heavy atom. The van der Waals surface area contributed by atoms with E-state index in [2.05, 4.69) is 26.5 Å². The Morgan fingerprint density at radius 3 is 2.58 bits per heavy atom. The molecule has 4 rings (SSSR count). The van der Waals surface area contributed by atoms with Crippen LogP contribution in [-0.4, -0.2) is 32.4 Å². The van der Waals surface area contributed by atoms with Gasteiger partial charge in [0, 0.05) is 44.6 Å². The van der Waals surface area contributed by atoms with Crippen molar-refractivity contribution in [2.75, 3.05) is 6.54 Å². The number of unbranched alkanes of at least 4 members (excludes halogenated alkanes) is 1. The molecule has 0 saturated carbocycles. The lowest BCUT2D eigenvalue weighted by Gasteiger charge is -2.06. The van der Waals surface area contributed by atoms with Gasteiger partial charge in [-0.2, -0.15) is 13.2 Å². The minimum Gasteiger partial charge on any atom is -0.487 e. The number of nitrogens with zero attached hydrogens (tertiary/aromatic N) is 4. The van der Waals surface area contributed by atoms with E-state index in [9.17, 15) is 18.0 Å². The number of benzene rings is 2. The van der Waals surface area contributed by atoms with E-state index in [-0.39, 0.29) is 12.5 Å². The summed E-state index contributed by atoms with van der Waals surface area (Å²) in [6.07, 6.45) is 11.7. The van der Waals surface area contributed by atoms with Gasteiger partial charge in [0.1, 0.15) is 24.3 Å². The Labute approximate surface area is 248 Å². The lowest BCUT2D eigenvalue weighted by atomic mass is 10.1. The van der Waals surface area contributed by atoms with E-state index in [1.54, 1.807) is 12.2 Å². The van der Waals surface area contributed by atoms with E-state index in [4.69, 9.17) is 15.6 Å². The van der Waals surface area contributed by atoms with Crippen LogP contribution in [0.1, 0.15) is 59.7 Å². The molecule has 2 aromatic carbocycles. The van der Waals surface area contributed by atoms with Crippen molar-refractivity contribution < 1.29 is 27.1 Å². The molecule has 1 amide bonds. The number of nitrogens with one attached hydrogen (secondary N) is 1. The molecule has 0 fully saturated rings. The molecule has 0 unspecified atom stereocenters. The largest absolute Gasteiger partial charge is 0.487 e. The number of carbonyl (C=O) groups is 1. The molecule has 2 aromatic heterocycles. The molecule has 0 radical (unpaired) electrons. The monoisotopic (exact) mass is 591 g/mol. The van der Waals surface area contributed by atoms with Crippen molar-refractivity contribution in [3.8, 4) is 18.1 Å². The number of terminal acetylenes is 1. The Hall–Kier alpha value is -4.85. The molecular formula is C32H32F3N5O3. The number of aromatic nitrogens is 4. The molecule has 1 N–H and O–H groups in total. The summed E-state index contributed by atoms with van der Waals surface area (Å²) in [7, 11) is 0. The van der Waals surface area contributed by atoms with Crippen LogP contribution < -0.4 is 10.1 Å². The number of amides is 1. The molecule has 0 aliphatic heterocycles. The van der Waals surface area contributed by atoms with E-state index in [1.807, 2.05) is 35.1 Å². The highest BCUT2D eigenvalue weighted by atomic mass is 19.4. The number of halogens is 3. The number of ether oxygens (including phenoxy) is 1. The molecule has 2 heterocycles. The maximum Gasteiger partial charge on any atom is 0.416 e. The number of rotatable bonds is 15. The van der Waals surface area contributed by atoms with Crippen molar-refractivity contribution in [1.29, 1.82) is 0 Å². The standard InChI is InChI=1S/C32H32F3N5O3/c1-2-3-7-30(41)36-19-18-27-21-40(39-38-27)20-5-4-6-24-10-15-29(16-11-24)42-22-28-23-43-31(37-28)17-12-25-8-13-26(14-9-25)32(33,34)35/h1,8-17,21,23H,3-7,18-20,22H2,(H,36,41)/b17-12+. The van der Waals surface area contributed by atoms with Gasteiger partial charge in [-0.3, -0.25) is 9.48 Å². The van der Waals surface area contributed by atoms with Crippen LogP contribution in [0.25, 0.3) is 12.2 Å². The van der Waals surface area contributed by atoms with Gasteiger partial charge in [0.15, 0.2) is 0 Å². The summed E-state index contributed by atoms with van der Waals surface area (Å²) in [6, 6.07) is 12.7. The number of hydrogen-bond acceptors (Lipinski definition) is 6. The molecule has 224 valence electrons. The predicted octanol–water partition coefficient (Wildman–Crippen LogP) is 6.13. The van der Waals surface area contributed by atoms with E-state index < -0.39 is 11.7 Å². The molecule has 0 aliphatic rings. The third-order valence-corrected chi connectivity index (χ3v) is 6.42. The van der Waals surface area contributed by atoms with Crippen molar-refractivity contribution in [2.45, 2.75) is 57.9 Å². The fraction of sp³-hybridized carbons (Fsp3) is 0.312. The molecule has 8 nitrogen and oxygen atoms in total. The van der Waals surface area contributed by atoms with Crippen LogP contribution in [0.4, 0.5) is 13.2 Å². The minimum atomic E-state index is -4.36. The van der Waals surface area contributed by atoms with Gasteiger partial charge in [-0.25, -0.2) is 4.98 Å². The first kappa shape index (κ1) is 31.1. The third kappa shape index (κ3) is 10.5. The molecule has 43 heavy (non-hydrogen) atoms. The van der Waals surface area contributed by atoms with Gasteiger partial charge in [0.05, 0.1) is 11.3 Å². The summed E-state index contributed by atoms with van der Waals surface area (Å²) in [6.45, 7) is 1.49. The van der Waals surface area contributed by atoms with E-state index >= 15 is 0 Å². The summed E-state index contributed by atoms with van der Waals surface area (Å²) in [4.78, 5) is 15.9. The number of carbonyl (C=O) groups excluding carboxylic acids is 1. The highest BCUT2D eigenvalue weighted by molar-refractivity contribution is 5.76. The molecule has 0 bridgehead atoms. The Balaban J connectivity index is 1.12. The average Bonchev–Trinajstić information content (AvgIpc) is 3.66. The lowest BCUT2D eigenvalue weighted by Crippen LogP contribution is -2.25. The van der Waals surface area contributed by atoms with Gasteiger partial charge in [-0.05, 0) is 60.7 Å². The fourth-order valence-electron chi connectivity index (χ4n) is 4.10. The Bertz CT molecular complexity index is 1520. The van der Waals surface area contributed by atoms with Crippen LogP contribution in [0.3, 0.4) is 0 Å². The van der Waals surface area contributed by atoms with Crippen molar-refractivity contribution in [3.63, 3.8) is 0 Å². The molecule has 0 saturated heterocycles. The maximum atomic E-state index is 12.7. The first-order valence-corrected chi connectivity index (χ1v) is 13.9. The highest BCUT2D eigenvalue weighted by Crippen LogP contribution is 2.29. The molecule has 0 atom stereocenters. The zero-order valence-electron chi connectivity index (χ0n) is 23.5. The summed E-state index contributed by atoms with van der Waals surface area (Å²) < 4.78 is 51.1. The second-order valence-corrected chi connectivity index (χ2v) is 9.80. The first-order chi connectivity index (χ1) is 20.8. The number of oxazole rings is 1. The normalized spacial score (nSPS) is 11.5. The van der Waals surface area contributed by atoms with Crippen LogP contribution in [-0.2, 0) is 37.0 Å². The van der Waals surface area contributed by atoms with E-state index in [0.717, 1.165) is 43.6 Å². The fourth-order valence-corrected chi connectivity index (χ4v) is 4.10. The molecular weight excluding hydrogens is 559 g/mol. The van der Waals surface area contributed by atoms with Crippen LogP contribution in [0, 0.1) is 12.3 Å². The second kappa shape index (κ2) is 15.4. The SMILES string of the molecule is C#CCCC(=O)NCCc1cn(CCCCc2ccc(OCc3coc(/C=C/c4ccc(C(F)(F)F)cc4)n3)cc2)nn1. The predicted molar refractivity (Wildman–Crippen MR) is 155 cm³/mol. The molecule has 11 heteroatoms. The third-order valence-electron chi connectivity index (χ3n) is 6.42. The summed E-state index contributed by atoms with van der Waals surface area (Å²) >= 11 is 0. The van der Waals surface area contributed by atoms with Crippen LogP contribution in [0.15, 0.2) is 65.4 Å². The van der Waals surface area contributed by atoms with Gasteiger partial charge in [0.25, 0.3) is 0 Å². The average molecular weight is 592 g/mol. The summed E-state index contributed by atoms with van der Waals surface area (Å²) in [5, 5.41) is 11.2. The highest BCUT2D eigenvalue weighted by Gasteiger charge is 2.29. The van der Waals surface area contributed by atoms with Gasteiger partial charge >= 0.3 is 6.18 Å². The van der Waals surface area contributed by atoms with Gasteiger partial charge < -0.3 is 14.5 Å². The van der Waals surface area contributed by atoms with Crippen LogP contribution in [0.5, 0.6) is 5.75 Å². The van der Waals surface area contributed by atoms with E-state index in [0.29, 0.717) is 48.7 Å². The maximum absolute atomic E-state index is 12.7. The summed E-state index contributed by atoms with van der Waals surface area (Å²) in [5.41, 5.74) is 2.54. The minimum absolute atomic E-state index is 0.0544. The van der Waals surface area contributed by atoms with Crippen molar-refractivity contribution in [2.24, 2.45) is 0 Å². The van der Waals surface area contributed by atoms with Gasteiger partial charge in [-0.1, -0.05) is 29.5 Å². The molecule has 0 spiro atoms. The van der Waals surface area contributed by atoms with Crippen molar-refractivity contribution >= 4 is 18.1 Å². The zero-order valence-corrected chi connectivity index (χ0v) is 23.5. The first-order valence-electron chi connectivity index (χ1n) is 13.9. The molecule has 0 aliphatic carbocycles. The van der Waals surface area contributed by atoms with Crippen LogP contribution >= 0.6 is 0 Å².